The van der Waals surface area contributed by atoms with E-state index < -0.39 is 7.36 Å². The third-order valence-electron chi connectivity index (χ3n) is 5.80. The third-order valence-corrected chi connectivity index (χ3v) is 12.6. The Kier molecular flexibility index (Phi) is 11.4. The minimum atomic E-state index is -3.56. The second-order valence-corrected chi connectivity index (χ2v) is 11.8. The molecule has 0 saturated heterocycles. The summed E-state index contributed by atoms with van der Waals surface area (Å²) in [4.78, 5) is 0. The van der Waals surface area contributed by atoms with Crippen LogP contribution in [-0.2, 0) is 0 Å². The molecule has 0 spiro atoms. The van der Waals surface area contributed by atoms with Gasteiger partial charge in [-0.1, -0.05) is 0 Å². The van der Waals surface area contributed by atoms with Gasteiger partial charge >= 0.3 is 168 Å². The molecule has 0 unspecified atom stereocenters. The van der Waals surface area contributed by atoms with Crippen LogP contribution >= 0.6 is 7.36 Å². The number of hydrogen-bond acceptors (Lipinski definition) is 7. The van der Waals surface area contributed by atoms with Gasteiger partial charge in [-0.3, -0.25) is 0 Å². The van der Waals surface area contributed by atoms with Crippen molar-refractivity contribution in [1.82, 2.24) is 23.4 Å². The molecule has 0 heterocycles. The molecule has 0 aromatic carbocycles. The predicted molar refractivity (Wildman–Crippen MR) is 116 cm³/mol. The summed E-state index contributed by atoms with van der Waals surface area (Å²) in [6.45, 7) is 14.7. The SMILES string of the molecule is CCCCN(CCCC)P(N(C#N)C#N)(N(C)CC)(N(C)CC)N(C)CC. The average molecular weight is 400 g/mol. The zero-order valence-corrected chi connectivity index (χ0v) is 19.8. The Bertz CT molecular complexity index is 462. The van der Waals surface area contributed by atoms with Crippen LogP contribution in [0.2, 0.25) is 0 Å². The molecule has 27 heavy (non-hydrogen) atoms. The van der Waals surface area contributed by atoms with Crippen molar-refractivity contribution in [3.63, 3.8) is 0 Å². The molecule has 0 atom stereocenters. The molecule has 0 aliphatic carbocycles. The molecule has 0 N–H and O–H groups in total. The molecule has 0 saturated carbocycles. The third kappa shape index (κ3) is 4.09. The molecular weight excluding hydrogens is 357 g/mol. The van der Waals surface area contributed by atoms with Gasteiger partial charge in [0.15, 0.2) is 0 Å². The molecule has 0 bridgehead atoms. The fourth-order valence-corrected chi connectivity index (χ4v) is 11.0. The first-order chi connectivity index (χ1) is 12.8. The van der Waals surface area contributed by atoms with E-state index in [9.17, 15) is 10.5 Å². The van der Waals surface area contributed by atoms with Crippen molar-refractivity contribution in [2.75, 3.05) is 53.9 Å². The average Bonchev–Trinajstić information content (AvgIpc) is 2.70. The molecule has 0 fully saturated rings. The molecule has 0 rings (SSSR count). The van der Waals surface area contributed by atoms with Crippen LogP contribution in [0.25, 0.3) is 0 Å². The normalized spacial score (nSPS) is 13.6. The number of unbranched alkanes of at least 4 members (excludes halogenated alkanes) is 2. The Morgan fingerprint density at radius 3 is 1.22 bits per heavy atom. The van der Waals surface area contributed by atoms with E-state index in [0.29, 0.717) is 0 Å². The van der Waals surface area contributed by atoms with Crippen LogP contribution in [0, 0.1) is 22.9 Å². The molecule has 158 valence electrons. The van der Waals surface area contributed by atoms with E-state index in [1.165, 1.54) is 4.67 Å². The maximum absolute atomic E-state index is 10.1. The molecule has 0 aromatic heterocycles. The van der Waals surface area contributed by atoms with Gasteiger partial charge in [0.2, 0.25) is 0 Å². The van der Waals surface area contributed by atoms with E-state index in [-0.39, 0.29) is 0 Å². The second-order valence-electron chi connectivity index (χ2n) is 6.99. The van der Waals surface area contributed by atoms with Gasteiger partial charge in [-0.25, -0.2) is 0 Å². The van der Waals surface area contributed by atoms with Crippen molar-refractivity contribution in [2.45, 2.75) is 60.3 Å². The van der Waals surface area contributed by atoms with Gasteiger partial charge in [0.1, 0.15) is 0 Å². The fourth-order valence-electron chi connectivity index (χ4n) is 4.11. The van der Waals surface area contributed by atoms with Crippen LogP contribution in [0.1, 0.15) is 60.3 Å². The first-order valence-corrected chi connectivity index (χ1v) is 12.4. The van der Waals surface area contributed by atoms with Gasteiger partial charge in [0.25, 0.3) is 0 Å². The Hall–Kier alpha value is -0.950. The van der Waals surface area contributed by atoms with Gasteiger partial charge in [-0.15, -0.1) is 0 Å². The quantitative estimate of drug-likeness (QED) is 0.247. The summed E-state index contributed by atoms with van der Waals surface area (Å²) < 4.78 is 10.7. The monoisotopic (exact) mass is 399 g/mol. The Balaban J connectivity index is 7.20. The van der Waals surface area contributed by atoms with Gasteiger partial charge in [-0.2, -0.15) is 0 Å². The van der Waals surface area contributed by atoms with Crippen LogP contribution in [0.15, 0.2) is 0 Å². The summed E-state index contributed by atoms with van der Waals surface area (Å²) in [5.74, 6) is 0. The number of nitrogens with zero attached hydrogens (tertiary/aromatic N) is 7. The van der Waals surface area contributed by atoms with Gasteiger partial charge in [0, 0.05) is 0 Å². The Labute approximate surface area is 168 Å². The first-order valence-electron chi connectivity index (χ1n) is 10.4. The van der Waals surface area contributed by atoms with Crippen molar-refractivity contribution in [2.24, 2.45) is 0 Å². The van der Waals surface area contributed by atoms with E-state index in [4.69, 9.17) is 0 Å². The molecular formula is C19H42N7P. The number of rotatable bonds is 14. The van der Waals surface area contributed by atoms with Crippen molar-refractivity contribution < 1.29 is 0 Å². The van der Waals surface area contributed by atoms with Crippen molar-refractivity contribution in [3.8, 4) is 12.4 Å². The molecule has 8 heteroatoms. The van der Waals surface area contributed by atoms with Crippen molar-refractivity contribution >= 4 is 7.36 Å². The van der Waals surface area contributed by atoms with E-state index in [1.807, 2.05) is 0 Å². The summed E-state index contributed by atoms with van der Waals surface area (Å²) >= 11 is 0. The summed E-state index contributed by atoms with van der Waals surface area (Å²) in [5.41, 5.74) is 0. The van der Waals surface area contributed by atoms with Gasteiger partial charge < -0.3 is 0 Å². The van der Waals surface area contributed by atoms with Crippen LogP contribution in [0.4, 0.5) is 0 Å². The van der Waals surface area contributed by atoms with E-state index >= 15 is 0 Å². The van der Waals surface area contributed by atoms with Gasteiger partial charge in [-0.05, 0) is 0 Å². The van der Waals surface area contributed by atoms with E-state index in [0.717, 1.165) is 58.4 Å². The molecule has 0 amide bonds. The molecule has 0 aliphatic heterocycles. The number of nitriles is 2. The maximum atomic E-state index is 10.1. The van der Waals surface area contributed by atoms with Crippen LogP contribution in [0.5, 0.6) is 0 Å². The summed E-state index contributed by atoms with van der Waals surface area (Å²) in [7, 11) is 2.65. The Morgan fingerprint density at radius 2 is 1.00 bits per heavy atom. The first kappa shape index (κ1) is 26.1. The van der Waals surface area contributed by atoms with E-state index in [1.54, 1.807) is 0 Å². The minimum absolute atomic E-state index is 0.751. The summed E-state index contributed by atoms with van der Waals surface area (Å²) in [6, 6.07) is 0. The predicted octanol–water partition coefficient (Wildman–Crippen LogP) is 4.14. The van der Waals surface area contributed by atoms with E-state index in [2.05, 4.69) is 86.8 Å². The van der Waals surface area contributed by atoms with Crippen LogP contribution < -0.4 is 0 Å². The zero-order chi connectivity index (χ0) is 21.1. The summed E-state index contributed by atoms with van der Waals surface area (Å²) in [5, 5.41) is 20.3. The van der Waals surface area contributed by atoms with Crippen molar-refractivity contribution in [3.05, 3.63) is 0 Å². The van der Waals surface area contributed by atoms with Crippen LogP contribution in [0.3, 0.4) is 0 Å². The standard InChI is InChI=1S/C19H42N7P/c1-9-14-16-25(17-15-10-2)27(22(6)11-3,23(7)12-4,24(8)13-5)26(18-20)19-21/h9-17H2,1-8H3. The number of hydrogen-bond donors (Lipinski definition) is 0. The van der Waals surface area contributed by atoms with Crippen LogP contribution in [-0.4, -0.2) is 77.2 Å². The zero-order valence-electron chi connectivity index (χ0n) is 18.9. The molecule has 0 aliphatic rings. The second kappa shape index (κ2) is 11.8. The fraction of sp³-hybridized carbons (Fsp3) is 0.895. The van der Waals surface area contributed by atoms with Crippen molar-refractivity contribution in [1.29, 1.82) is 10.5 Å². The topological polar surface area (TPSA) is 63.8 Å². The molecule has 0 aromatic rings. The molecule has 0 radical (unpaired) electrons. The molecule has 7 nitrogen and oxygen atoms in total. The Morgan fingerprint density at radius 1 is 0.667 bits per heavy atom. The summed E-state index contributed by atoms with van der Waals surface area (Å²) in [6.07, 6.45) is 8.79. The van der Waals surface area contributed by atoms with Gasteiger partial charge in [0.05, 0.1) is 0 Å².